The molecule has 0 unspecified atom stereocenters. The van der Waals surface area contributed by atoms with E-state index in [0.29, 0.717) is 10.8 Å². The van der Waals surface area contributed by atoms with Crippen LogP contribution in [-0.2, 0) is 4.84 Å². The van der Waals surface area contributed by atoms with Gasteiger partial charge in [-0.15, -0.1) is 0 Å². The Kier molecular flexibility index (Phi) is 3.77. The maximum Gasteiger partial charge on any atom is 0.399 e. The highest BCUT2D eigenvalue weighted by molar-refractivity contribution is 6.21. The average Bonchev–Trinajstić information content (AvgIpc) is 3.34. The molecule has 0 saturated carbocycles. The number of benzene rings is 3. The Hall–Kier alpha value is -4.19. The van der Waals surface area contributed by atoms with Gasteiger partial charge in [0.1, 0.15) is 5.76 Å². The summed E-state index contributed by atoms with van der Waals surface area (Å²) in [7, 11) is 0. The molecule has 2 amide bonds. The maximum absolute atomic E-state index is 12.5. The zero-order valence-electron chi connectivity index (χ0n) is 15.0. The molecule has 6 nitrogen and oxygen atoms in total. The predicted octanol–water partition coefficient (Wildman–Crippen LogP) is 4.47. The molecule has 0 fully saturated rings. The largest absolute Gasteiger partial charge is 0.449 e. The van der Waals surface area contributed by atoms with Crippen LogP contribution in [0.3, 0.4) is 0 Å². The number of amides is 2. The third kappa shape index (κ3) is 2.70. The molecule has 0 aliphatic carbocycles. The Balaban J connectivity index is 1.42. The predicted molar refractivity (Wildman–Crippen MR) is 104 cm³/mol. The highest BCUT2D eigenvalue weighted by atomic mass is 16.7. The summed E-state index contributed by atoms with van der Waals surface area (Å²) in [4.78, 5) is 42.2. The number of fused-ring (bicyclic) bond motifs is 2. The van der Waals surface area contributed by atoms with Gasteiger partial charge in [0.05, 0.1) is 11.1 Å². The number of carbonyl (C=O) groups is 3. The molecule has 5 rings (SSSR count). The van der Waals surface area contributed by atoms with E-state index in [0.717, 1.165) is 16.3 Å². The zero-order chi connectivity index (χ0) is 20.0. The lowest BCUT2D eigenvalue weighted by Crippen LogP contribution is -2.32. The van der Waals surface area contributed by atoms with Crippen LogP contribution in [0, 0.1) is 0 Å². The first-order valence-electron chi connectivity index (χ1n) is 8.91. The van der Waals surface area contributed by atoms with Gasteiger partial charge in [0.15, 0.2) is 0 Å². The van der Waals surface area contributed by atoms with Crippen LogP contribution in [0.1, 0.15) is 31.3 Å². The molecule has 2 heterocycles. The smallest absolute Gasteiger partial charge is 0.399 e. The summed E-state index contributed by atoms with van der Waals surface area (Å²) in [5, 5.41) is 2.48. The van der Waals surface area contributed by atoms with E-state index in [2.05, 4.69) is 0 Å². The normalized spacial score (nSPS) is 13.0. The van der Waals surface area contributed by atoms with Crippen LogP contribution in [0.4, 0.5) is 0 Å². The van der Waals surface area contributed by atoms with E-state index in [-0.39, 0.29) is 16.9 Å². The van der Waals surface area contributed by atoms with Gasteiger partial charge in [-0.2, -0.15) is 0 Å². The Morgan fingerprint density at radius 1 is 0.724 bits per heavy atom. The SMILES string of the molecule is O=C(ON1C(=O)c2ccccc2C1=O)c1ccc(-c2cccc3ccccc23)o1. The number of hydrogen-bond donors (Lipinski definition) is 0. The van der Waals surface area contributed by atoms with E-state index >= 15 is 0 Å². The van der Waals surface area contributed by atoms with Crippen LogP contribution in [0.15, 0.2) is 83.3 Å². The Morgan fingerprint density at radius 2 is 1.34 bits per heavy atom. The first kappa shape index (κ1) is 16.9. The molecule has 140 valence electrons. The Labute approximate surface area is 164 Å². The first-order chi connectivity index (χ1) is 14.1. The molecule has 0 atom stereocenters. The molecular formula is C23H13NO5. The highest BCUT2D eigenvalue weighted by Gasteiger charge is 2.39. The lowest BCUT2D eigenvalue weighted by Gasteiger charge is -2.11. The second-order valence-corrected chi connectivity index (χ2v) is 6.52. The van der Waals surface area contributed by atoms with Crippen LogP contribution < -0.4 is 0 Å². The molecule has 1 aliphatic rings. The fourth-order valence-corrected chi connectivity index (χ4v) is 3.41. The summed E-state index contributed by atoms with van der Waals surface area (Å²) in [6, 6.07) is 23.0. The van der Waals surface area contributed by atoms with Gasteiger partial charge in [0, 0.05) is 5.56 Å². The molecule has 6 heteroatoms. The van der Waals surface area contributed by atoms with Crippen LogP contribution in [0.2, 0.25) is 0 Å². The number of furan rings is 1. The van der Waals surface area contributed by atoms with E-state index in [9.17, 15) is 14.4 Å². The maximum atomic E-state index is 12.5. The molecule has 3 aromatic carbocycles. The summed E-state index contributed by atoms with van der Waals surface area (Å²) in [5.41, 5.74) is 1.21. The van der Waals surface area contributed by atoms with Crippen molar-refractivity contribution in [1.82, 2.24) is 5.06 Å². The quantitative estimate of drug-likeness (QED) is 0.488. The van der Waals surface area contributed by atoms with E-state index in [1.807, 2.05) is 42.5 Å². The number of imide groups is 1. The monoisotopic (exact) mass is 383 g/mol. The van der Waals surface area contributed by atoms with Gasteiger partial charge in [-0.25, -0.2) is 4.79 Å². The number of hydrogen-bond acceptors (Lipinski definition) is 5. The minimum Gasteiger partial charge on any atom is -0.449 e. The summed E-state index contributed by atoms with van der Waals surface area (Å²) in [6.07, 6.45) is 0. The Morgan fingerprint density at radius 3 is 2.10 bits per heavy atom. The molecular weight excluding hydrogens is 370 g/mol. The molecule has 1 aromatic heterocycles. The summed E-state index contributed by atoms with van der Waals surface area (Å²) in [6.45, 7) is 0. The number of hydroxylamine groups is 2. The topological polar surface area (TPSA) is 76.8 Å². The molecule has 0 radical (unpaired) electrons. The van der Waals surface area contributed by atoms with E-state index in [1.54, 1.807) is 18.2 Å². The molecule has 0 bridgehead atoms. The summed E-state index contributed by atoms with van der Waals surface area (Å²) >= 11 is 0. The van der Waals surface area contributed by atoms with Crippen molar-refractivity contribution in [3.63, 3.8) is 0 Å². The van der Waals surface area contributed by atoms with Crippen molar-refractivity contribution >= 4 is 28.6 Å². The van der Waals surface area contributed by atoms with Crippen LogP contribution in [-0.4, -0.2) is 22.8 Å². The number of carbonyl (C=O) groups excluding carboxylic acids is 3. The minimum atomic E-state index is -0.925. The van der Waals surface area contributed by atoms with Crippen molar-refractivity contribution in [3.05, 3.63) is 95.7 Å². The van der Waals surface area contributed by atoms with Crippen LogP contribution in [0.25, 0.3) is 22.1 Å². The molecule has 0 spiro atoms. The van der Waals surface area contributed by atoms with Gasteiger partial charge in [-0.1, -0.05) is 59.7 Å². The van der Waals surface area contributed by atoms with Crippen molar-refractivity contribution in [2.24, 2.45) is 0 Å². The van der Waals surface area contributed by atoms with Crippen molar-refractivity contribution in [2.45, 2.75) is 0 Å². The third-order valence-electron chi connectivity index (χ3n) is 4.79. The van der Waals surface area contributed by atoms with Crippen molar-refractivity contribution in [3.8, 4) is 11.3 Å². The molecule has 29 heavy (non-hydrogen) atoms. The number of rotatable bonds is 3. The van der Waals surface area contributed by atoms with Crippen molar-refractivity contribution < 1.29 is 23.6 Å². The first-order valence-corrected chi connectivity index (χ1v) is 8.91. The third-order valence-corrected chi connectivity index (χ3v) is 4.79. The lowest BCUT2D eigenvalue weighted by molar-refractivity contribution is -0.0602. The fraction of sp³-hybridized carbons (Fsp3) is 0. The fourth-order valence-electron chi connectivity index (χ4n) is 3.41. The summed E-state index contributed by atoms with van der Waals surface area (Å²) < 4.78 is 5.67. The molecule has 4 aromatic rings. The van der Waals surface area contributed by atoms with Gasteiger partial charge >= 0.3 is 5.97 Å². The van der Waals surface area contributed by atoms with Gasteiger partial charge < -0.3 is 9.25 Å². The van der Waals surface area contributed by atoms with Crippen LogP contribution in [0.5, 0.6) is 0 Å². The molecule has 1 aliphatic heterocycles. The van der Waals surface area contributed by atoms with E-state index in [1.165, 1.54) is 18.2 Å². The standard InChI is InChI=1S/C23H13NO5/c25-21-17-9-3-4-10-18(17)22(26)24(21)29-23(27)20-13-12-19(28-20)16-11-5-7-14-6-1-2-8-15(14)16/h1-13H. The van der Waals surface area contributed by atoms with Crippen molar-refractivity contribution in [2.75, 3.05) is 0 Å². The van der Waals surface area contributed by atoms with Gasteiger partial charge in [-0.3, -0.25) is 9.59 Å². The molecule has 0 saturated heterocycles. The van der Waals surface area contributed by atoms with Gasteiger partial charge in [0.25, 0.3) is 11.8 Å². The van der Waals surface area contributed by atoms with Crippen molar-refractivity contribution in [1.29, 1.82) is 0 Å². The summed E-state index contributed by atoms with van der Waals surface area (Å²) in [5.74, 6) is -1.91. The second kappa shape index (κ2) is 6.45. The molecule has 0 N–H and O–H groups in total. The van der Waals surface area contributed by atoms with E-state index in [4.69, 9.17) is 9.25 Å². The van der Waals surface area contributed by atoms with Gasteiger partial charge in [-0.05, 0) is 35.0 Å². The van der Waals surface area contributed by atoms with E-state index < -0.39 is 17.8 Å². The number of nitrogens with zero attached hydrogens (tertiary/aromatic N) is 1. The minimum absolute atomic E-state index is 0.107. The Bertz CT molecular complexity index is 1260. The van der Waals surface area contributed by atoms with Gasteiger partial charge in [0.2, 0.25) is 5.76 Å². The average molecular weight is 383 g/mol. The highest BCUT2D eigenvalue weighted by Crippen LogP contribution is 2.30. The zero-order valence-corrected chi connectivity index (χ0v) is 15.0. The van der Waals surface area contributed by atoms with Crippen LogP contribution >= 0.6 is 0 Å². The lowest BCUT2D eigenvalue weighted by atomic mass is 10.0. The second-order valence-electron chi connectivity index (χ2n) is 6.52.